The average Bonchev–Trinajstić information content (AvgIpc) is 3.07. The third-order valence-corrected chi connectivity index (χ3v) is 11.5. The molecule has 0 bridgehead atoms. The van der Waals surface area contributed by atoms with Gasteiger partial charge in [0.05, 0.1) is 0 Å². The fourth-order valence-electron chi connectivity index (χ4n) is 5.40. The molecule has 0 radical (unpaired) electrons. The summed E-state index contributed by atoms with van der Waals surface area (Å²) in [5.74, 6) is 1.93. The number of benzene rings is 5. The Morgan fingerprint density at radius 1 is 0.524 bits per heavy atom. The maximum atomic E-state index is 6.58. The van der Waals surface area contributed by atoms with E-state index < -0.39 is 16.3 Å². The van der Waals surface area contributed by atoms with Gasteiger partial charge in [-0.2, -0.15) is 0 Å². The number of rotatable bonds is 4. The van der Waals surface area contributed by atoms with Gasteiger partial charge >= 0.3 is 0 Å². The summed E-state index contributed by atoms with van der Waals surface area (Å²) in [6, 6.07) is 43.1. The standard InChI is InChI=1S/C36H28O2P2.C2H6/c1-3-10-35-25(2)30-11-4-7-14-33(30)37-39(35)28-21-17-26(18-22-28)27-19-23-29(24-20-27)40-36-16-9-6-13-32(36)31-12-5-8-15-34(31)38-40;1-2/h3-24H,1-2H3;1-2H3/b10-3-;. The number of hydrogen-bond acceptors (Lipinski definition) is 2. The van der Waals surface area contributed by atoms with Crippen LogP contribution < -0.4 is 25.0 Å². The fourth-order valence-corrected chi connectivity index (χ4v) is 9.26. The van der Waals surface area contributed by atoms with Crippen molar-refractivity contribution in [2.24, 2.45) is 0 Å². The molecule has 2 aliphatic rings. The minimum atomic E-state index is -0.924. The van der Waals surface area contributed by atoms with Crippen LogP contribution in [0.25, 0.3) is 27.8 Å². The van der Waals surface area contributed by atoms with Gasteiger partial charge in [-0.05, 0) is 48.2 Å². The lowest BCUT2D eigenvalue weighted by Gasteiger charge is -2.28. The first-order chi connectivity index (χ1) is 20.7. The summed E-state index contributed by atoms with van der Waals surface area (Å²) in [4.78, 5) is 0. The lowest BCUT2D eigenvalue weighted by Crippen LogP contribution is -2.21. The average molecular weight is 585 g/mol. The highest BCUT2D eigenvalue weighted by Crippen LogP contribution is 2.55. The quantitative estimate of drug-likeness (QED) is 0.196. The van der Waals surface area contributed by atoms with E-state index in [2.05, 4.69) is 135 Å². The molecule has 0 saturated heterocycles. The summed E-state index contributed by atoms with van der Waals surface area (Å²) in [5.41, 5.74) is 7.30. The van der Waals surface area contributed by atoms with Crippen LogP contribution in [0.4, 0.5) is 0 Å². The van der Waals surface area contributed by atoms with Gasteiger partial charge in [-0.1, -0.05) is 135 Å². The van der Waals surface area contributed by atoms with Crippen LogP contribution in [0, 0.1) is 0 Å². The monoisotopic (exact) mass is 584 g/mol. The first kappa shape index (κ1) is 28.2. The summed E-state index contributed by atoms with van der Waals surface area (Å²) in [6.45, 7) is 8.27. The van der Waals surface area contributed by atoms with Crippen LogP contribution in [0.3, 0.4) is 0 Å². The minimum Gasteiger partial charge on any atom is -0.464 e. The van der Waals surface area contributed by atoms with Gasteiger partial charge in [-0.25, -0.2) is 0 Å². The molecule has 4 heteroatoms. The van der Waals surface area contributed by atoms with Gasteiger partial charge in [0, 0.05) is 32.4 Å². The second-order valence-electron chi connectivity index (χ2n) is 9.88. The van der Waals surface area contributed by atoms with Crippen molar-refractivity contribution in [2.75, 3.05) is 0 Å². The Bertz CT molecular complexity index is 1770. The molecule has 0 saturated carbocycles. The van der Waals surface area contributed by atoms with Crippen molar-refractivity contribution in [3.05, 3.63) is 144 Å². The van der Waals surface area contributed by atoms with E-state index in [9.17, 15) is 0 Å². The third kappa shape index (κ3) is 5.22. The molecule has 0 amide bonds. The Labute approximate surface area is 252 Å². The van der Waals surface area contributed by atoms with Crippen LogP contribution in [0.15, 0.2) is 139 Å². The van der Waals surface area contributed by atoms with Gasteiger partial charge in [-0.3, -0.25) is 0 Å². The minimum absolute atomic E-state index is 0.924. The van der Waals surface area contributed by atoms with Crippen LogP contribution in [-0.4, -0.2) is 0 Å². The van der Waals surface area contributed by atoms with E-state index in [0.29, 0.717) is 0 Å². The molecule has 208 valence electrons. The smallest absolute Gasteiger partial charge is 0.151 e. The van der Waals surface area contributed by atoms with E-state index in [1.165, 1.54) is 54.6 Å². The molecule has 2 aliphatic heterocycles. The summed E-state index contributed by atoms with van der Waals surface area (Å²) in [6.07, 6.45) is 4.31. The Kier molecular flexibility index (Phi) is 8.38. The summed E-state index contributed by atoms with van der Waals surface area (Å²) in [5, 5.41) is 4.97. The largest absolute Gasteiger partial charge is 0.464 e. The van der Waals surface area contributed by atoms with Crippen molar-refractivity contribution in [3.63, 3.8) is 0 Å². The molecule has 42 heavy (non-hydrogen) atoms. The van der Waals surface area contributed by atoms with Gasteiger partial charge in [0.1, 0.15) is 11.5 Å². The van der Waals surface area contributed by atoms with Gasteiger partial charge in [-0.15, -0.1) is 0 Å². The zero-order valence-corrected chi connectivity index (χ0v) is 26.2. The van der Waals surface area contributed by atoms with Crippen LogP contribution in [-0.2, 0) is 0 Å². The first-order valence-electron chi connectivity index (χ1n) is 14.5. The summed E-state index contributed by atoms with van der Waals surface area (Å²) >= 11 is 0. The van der Waals surface area contributed by atoms with Crippen molar-refractivity contribution >= 4 is 37.8 Å². The Morgan fingerprint density at radius 3 is 1.62 bits per heavy atom. The topological polar surface area (TPSA) is 18.5 Å². The van der Waals surface area contributed by atoms with Crippen molar-refractivity contribution in [3.8, 4) is 33.8 Å². The zero-order chi connectivity index (χ0) is 29.1. The van der Waals surface area contributed by atoms with Crippen LogP contribution in [0.5, 0.6) is 11.5 Å². The lowest BCUT2D eigenvalue weighted by atomic mass is 10.0. The molecule has 0 aromatic heterocycles. The predicted molar refractivity (Wildman–Crippen MR) is 183 cm³/mol. The molecular weight excluding hydrogens is 550 g/mol. The maximum absolute atomic E-state index is 6.58. The molecule has 2 nitrogen and oxygen atoms in total. The van der Waals surface area contributed by atoms with Crippen molar-refractivity contribution in [1.29, 1.82) is 0 Å². The lowest BCUT2D eigenvalue weighted by molar-refractivity contribution is 0.621. The first-order valence-corrected chi connectivity index (χ1v) is 17.0. The molecule has 2 atom stereocenters. The van der Waals surface area contributed by atoms with Gasteiger partial charge in [0.15, 0.2) is 16.3 Å². The van der Waals surface area contributed by atoms with Crippen LogP contribution >= 0.6 is 16.3 Å². The van der Waals surface area contributed by atoms with Gasteiger partial charge in [0.25, 0.3) is 0 Å². The zero-order valence-electron chi connectivity index (χ0n) is 24.4. The Balaban J connectivity index is 0.00000155. The Hall–Kier alpha value is -3.96. The van der Waals surface area contributed by atoms with E-state index in [1.807, 2.05) is 26.0 Å². The molecule has 2 unspecified atom stereocenters. The van der Waals surface area contributed by atoms with E-state index >= 15 is 0 Å². The molecule has 5 aromatic rings. The highest BCUT2D eigenvalue weighted by molar-refractivity contribution is 7.69. The van der Waals surface area contributed by atoms with Crippen molar-refractivity contribution in [1.82, 2.24) is 0 Å². The van der Waals surface area contributed by atoms with Gasteiger partial charge < -0.3 is 9.05 Å². The van der Waals surface area contributed by atoms with Crippen LogP contribution in [0.1, 0.15) is 33.3 Å². The van der Waals surface area contributed by atoms with Crippen molar-refractivity contribution < 1.29 is 9.05 Å². The predicted octanol–water partition coefficient (Wildman–Crippen LogP) is 10.2. The SMILES string of the molecule is C/C=C\C1=C(C)c2ccccc2OP1c1ccc(-c2ccc(P3Oc4ccccc4-c4ccccc43)cc2)cc1.CC. The molecule has 0 fully saturated rings. The van der Waals surface area contributed by atoms with Crippen LogP contribution in [0.2, 0.25) is 0 Å². The highest BCUT2D eigenvalue weighted by atomic mass is 31.1. The second kappa shape index (κ2) is 12.5. The number of allylic oxidation sites excluding steroid dienone is 4. The fraction of sp³-hybridized carbons (Fsp3) is 0.105. The second-order valence-corrected chi connectivity index (χ2v) is 13.4. The summed E-state index contributed by atoms with van der Waals surface area (Å²) in [7, 11) is -1.85. The molecule has 7 rings (SSSR count). The van der Waals surface area contributed by atoms with E-state index in [0.717, 1.165) is 11.5 Å². The molecule has 2 heterocycles. The third-order valence-electron chi connectivity index (χ3n) is 7.43. The molecule has 0 aliphatic carbocycles. The van der Waals surface area contributed by atoms with Gasteiger partial charge in [0.2, 0.25) is 0 Å². The maximum Gasteiger partial charge on any atom is 0.151 e. The normalized spacial score (nSPS) is 16.8. The summed E-state index contributed by atoms with van der Waals surface area (Å²) < 4.78 is 13.2. The molecule has 5 aromatic carbocycles. The van der Waals surface area contributed by atoms with E-state index in [1.54, 1.807) is 0 Å². The van der Waals surface area contributed by atoms with Crippen molar-refractivity contribution in [2.45, 2.75) is 27.7 Å². The number of para-hydroxylation sites is 2. The number of fused-ring (bicyclic) bond motifs is 4. The molecule has 0 spiro atoms. The molecular formula is C38H34O2P2. The van der Waals surface area contributed by atoms with E-state index in [4.69, 9.17) is 9.05 Å². The highest BCUT2D eigenvalue weighted by Gasteiger charge is 2.28. The Morgan fingerprint density at radius 2 is 1.00 bits per heavy atom. The van der Waals surface area contributed by atoms with E-state index in [-0.39, 0.29) is 0 Å². The number of hydrogen-bond donors (Lipinski definition) is 0. The molecule has 0 N–H and O–H groups in total.